The van der Waals surface area contributed by atoms with E-state index in [4.69, 9.17) is 0 Å². The van der Waals surface area contributed by atoms with Crippen molar-refractivity contribution >= 4 is 12.0 Å². The second kappa shape index (κ2) is 7.20. The maximum Gasteiger partial charge on any atom is 0.246 e. The van der Waals surface area contributed by atoms with E-state index in [0.29, 0.717) is 0 Å². The van der Waals surface area contributed by atoms with Crippen molar-refractivity contribution in [3.63, 3.8) is 0 Å². The zero-order chi connectivity index (χ0) is 14.4. The van der Waals surface area contributed by atoms with Crippen molar-refractivity contribution in [2.75, 3.05) is 20.1 Å². The highest BCUT2D eigenvalue weighted by Gasteiger charge is 2.24. The Hall–Kier alpha value is -1.68. The number of carbonyl (C=O) groups is 1. The lowest BCUT2D eigenvalue weighted by molar-refractivity contribution is -0.129. The lowest BCUT2D eigenvalue weighted by atomic mass is 10.0. The van der Waals surface area contributed by atoms with E-state index in [1.807, 2.05) is 11.9 Å². The number of benzene rings is 1. The van der Waals surface area contributed by atoms with Crippen molar-refractivity contribution in [1.82, 2.24) is 10.2 Å². The summed E-state index contributed by atoms with van der Waals surface area (Å²) in [5.41, 5.74) is 0.835. The Morgan fingerprint density at radius 3 is 2.85 bits per heavy atom. The van der Waals surface area contributed by atoms with Gasteiger partial charge in [-0.2, -0.15) is 0 Å². The van der Waals surface area contributed by atoms with Crippen LogP contribution in [-0.2, 0) is 4.79 Å². The molecule has 0 bridgehead atoms. The summed E-state index contributed by atoms with van der Waals surface area (Å²) >= 11 is 0. The van der Waals surface area contributed by atoms with Gasteiger partial charge in [0, 0.05) is 25.2 Å². The van der Waals surface area contributed by atoms with Crippen LogP contribution in [0.1, 0.15) is 24.8 Å². The van der Waals surface area contributed by atoms with Crippen LogP contribution in [0.25, 0.3) is 6.08 Å². The molecule has 0 radical (unpaired) electrons. The van der Waals surface area contributed by atoms with Gasteiger partial charge in [-0.1, -0.05) is 12.1 Å². The van der Waals surface area contributed by atoms with E-state index < -0.39 is 0 Å². The molecule has 0 saturated carbocycles. The molecule has 1 aromatic rings. The van der Waals surface area contributed by atoms with Crippen LogP contribution in [0.5, 0.6) is 0 Å². The molecule has 1 aliphatic heterocycles. The summed E-state index contributed by atoms with van der Waals surface area (Å²) in [4.78, 5) is 14.2. The highest BCUT2D eigenvalue weighted by Crippen LogP contribution is 2.17. The number of hydrogen-bond donors (Lipinski definition) is 1. The Kier molecular flexibility index (Phi) is 5.30. The second-order valence-corrected chi connectivity index (χ2v) is 5.12. The minimum atomic E-state index is -0.265. The first-order valence-corrected chi connectivity index (χ1v) is 7.09. The first-order chi connectivity index (χ1) is 9.70. The van der Waals surface area contributed by atoms with Gasteiger partial charge in [-0.3, -0.25) is 4.79 Å². The summed E-state index contributed by atoms with van der Waals surface area (Å²) in [6.07, 6.45) is 6.62. The average molecular weight is 276 g/mol. The van der Waals surface area contributed by atoms with Crippen molar-refractivity contribution in [3.8, 4) is 0 Å². The number of carbonyl (C=O) groups excluding carboxylic acids is 1. The summed E-state index contributed by atoms with van der Waals surface area (Å²) in [5.74, 6) is -0.229. The molecule has 0 spiro atoms. The zero-order valence-corrected chi connectivity index (χ0v) is 11.8. The predicted octanol–water partition coefficient (Wildman–Crippen LogP) is 2.44. The standard InChI is InChI=1S/C16H21FN2O/c1-18-12-15-4-2-3-11-19(15)16(20)10-7-13-5-8-14(17)9-6-13/h5-10,15,18H,2-4,11-12H2,1H3. The molecule has 108 valence electrons. The summed E-state index contributed by atoms with van der Waals surface area (Å²) in [7, 11) is 1.91. The van der Waals surface area contributed by atoms with Crippen LogP contribution >= 0.6 is 0 Å². The van der Waals surface area contributed by atoms with E-state index in [0.717, 1.165) is 31.5 Å². The van der Waals surface area contributed by atoms with Crippen LogP contribution in [0.2, 0.25) is 0 Å². The Morgan fingerprint density at radius 1 is 1.40 bits per heavy atom. The van der Waals surface area contributed by atoms with Crippen molar-refractivity contribution < 1.29 is 9.18 Å². The van der Waals surface area contributed by atoms with Crippen molar-refractivity contribution in [2.24, 2.45) is 0 Å². The number of amides is 1. The fourth-order valence-electron chi connectivity index (χ4n) is 2.58. The van der Waals surface area contributed by atoms with Crippen molar-refractivity contribution in [1.29, 1.82) is 0 Å². The lowest BCUT2D eigenvalue weighted by Gasteiger charge is -2.35. The number of halogens is 1. The first-order valence-electron chi connectivity index (χ1n) is 7.09. The molecule has 0 aromatic heterocycles. The molecule has 4 heteroatoms. The summed E-state index contributed by atoms with van der Waals surface area (Å²) in [6.45, 7) is 1.65. The van der Waals surface area contributed by atoms with Crippen molar-refractivity contribution in [2.45, 2.75) is 25.3 Å². The lowest BCUT2D eigenvalue weighted by Crippen LogP contribution is -2.47. The molecule has 1 saturated heterocycles. The topological polar surface area (TPSA) is 32.3 Å². The molecular formula is C16H21FN2O. The van der Waals surface area contributed by atoms with Crippen LogP contribution in [0.15, 0.2) is 30.3 Å². The zero-order valence-electron chi connectivity index (χ0n) is 11.8. The SMILES string of the molecule is CNCC1CCCCN1C(=O)C=Cc1ccc(F)cc1. The van der Waals surface area contributed by atoms with Gasteiger partial charge in [0.15, 0.2) is 0 Å². The van der Waals surface area contributed by atoms with Crippen LogP contribution in [0, 0.1) is 5.82 Å². The summed E-state index contributed by atoms with van der Waals surface area (Å²) in [5, 5.41) is 3.14. The fourth-order valence-corrected chi connectivity index (χ4v) is 2.58. The summed E-state index contributed by atoms with van der Waals surface area (Å²) in [6, 6.07) is 6.41. The number of rotatable bonds is 4. The minimum absolute atomic E-state index is 0.0364. The molecule has 1 aromatic carbocycles. The quantitative estimate of drug-likeness (QED) is 0.857. The van der Waals surface area contributed by atoms with E-state index in [2.05, 4.69) is 5.32 Å². The maximum absolute atomic E-state index is 12.8. The van der Waals surface area contributed by atoms with Gasteiger partial charge in [0.2, 0.25) is 5.91 Å². The van der Waals surface area contributed by atoms with Gasteiger partial charge in [-0.05, 0) is 50.1 Å². The second-order valence-electron chi connectivity index (χ2n) is 5.12. The third-order valence-electron chi connectivity index (χ3n) is 3.64. The molecule has 1 unspecified atom stereocenters. The molecule has 1 heterocycles. The van der Waals surface area contributed by atoms with Crippen LogP contribution in [0.3, 0.4) is 0 Å². The Labute approximate surface area is 119 Å². The maximum atomic E-state index is 12.8. The van der Waals surface area contributed by atoms with E-state index in [1.165, 1.54) is 18.6 Å². The monoisotopic (exact) mass is 276 g/mol. The Bertz CT molecular complexity index is 468. The van der Waals surface area contributed by atoms with Crippen LogP contribution in [-0.4, -0.2) is 37.0 Å². The third-order valence-corrected chi connectivity index (χ3v) is 3.64. The first kappa shape index (κ1) is 14.7. The van der Waals surface area contributed by atoms with Gasteiger partial charge < -0.3 is 10.2 Å². The van der Waals surface area contributed by atoms with Gasteiger partial charge in [0.1, 0.15) is 5.82 Å². The predicted molar refractivity (Wildman–Crippen MR) is 78.7 cm³/mol. The van der Waals surface area contributed by atoms with Gasteiger partial charge in [0.05, 0.1) is 0 Å². The molecule has 2 rings (SSSR count). The molecule has 1 amide bonds. The number of likely N-dealkylation sites (tertiary alicyclic amines) is 1. The molecule has 1 fully saturated rings. The highest BCUT2D eigenvalue weighted by atomic mass is 19.1. The molecule has 20 heavy (non-hydrogen) atoms. The average Bonchev–Trinajstić information content (AvgIpc) is 2.47. The van der Waals surface area contributed by atoms with E-state index in [-0.39, 0.29) is 17.8 Å². The Balaban J connectivity index is 2.00. The van der Waals surface area contributed by atoms with Gasteiger partial charge in [0.25, 0.3) is 0 Å². The number of likely N-dealkylation sites (N-methyl/N-ethyl adjacent to an activating group) is 1. The van der Waals surface area contributed by atoms with Gasteiger partial charge in [-0.15, -0.1) is 0 Å². The molecule has 1 aliphatic rings. The molecule has 1 atom stereocenters. The van der Waals surface area contributed by atoms with Gasteiger partial charge in [-0.25, -0.2) is 4.39 Å². The largest absolute Gasteiger partial charge is 0.335 e. The van der Waals surface area contributed by atoms with Crippen molar-refractivity contribution in [3.05, 3.63) is 41.7 Å². The Morgan fingerprint density at radius 2 is 2.15 bits per heavy atom. The number of nitrogens with zero attached hydrogens (tertiary/aromatic N) is 1. The number of nitrogens with one attached hydrogen (secondary N) is 1. The number of piperidine rings is 1. The highest BCUT2D eigenvalue weighted by molar-refractivity contribution is 5.92. The van der Waals surface area contributed by atoms with E-state index >= 15 is 0 Å². The van der Waals surface area contributed by atoms with E-state index in [9.17, 15) is 9.18 Å². The smallest absolute Gasteiger partial charge is 0.246 e. The third kappa shape index (κ3) is 3.90. The molecular weight excluding hydrogens is 255 g/mol. The molecule has 0 aliphatic carbocycles. The summed E-state index contributed by atoms with van der Waals surface area (Å²) < 4.78 is 12.8. The van der Waals surface area contributed by atoms with E-state index in [1.54, 1.807) is 24.3 Å². The number of hydrogen-bond acceptors (Lipinski definition) is 2. The van der Waals surface area contributed by atoms with Gasteiger partial charge >= 0.3 is 0 Å². The fraction of sp³-hybridized carbons (Fsp3) is 0.438. The molecule has 3 nitrogen and oxygen atoms in total. The normalized spacial score (nSPS) is 19.5. The van der Waals surface area contributed by atoms with Crippen LogP contribution < -0.4 is 5.32 Å². The molecule has 1 N–H and O–H groups in total. The van der Waals surface area contributed by atoms with Crippen LogP contribution in [0.4, 0.5) is 4.39 Å². The minimum Gasteiger partial charge on any atom is -0.335 e.